The second-order valence-electron chi connectivity index (χ2n) is 3.22. The van der Waals surface area contributed by atoms with Crippen molar-refractivity contribution in [3.05, 3.63) is 28.7 Å². The Hall–Kier alpha value is -0.350. The Labute approximate surface area is 93.4 Å². The van der Waals surface area contributed by atoms with Gasteiger partial charge in [0.2, 0.25) is 0 Å². The molecule has 78 valence electrons. The first-order chi connectivity index (χ1) is 6.48. The average Bonchev–Trinajstić information content (AvgIpc) is 2.16. The van der Waals surface area contributed by atoms with E-state index in [4.69, 9.17) is 0 Å². The van der Waals surface area contributed by atoms with Crippen molar-refractivity contribution in [2.75, 3.05) is 0 Å². The zero-order valence-electron chi connectivity index (χ0n) is 8.20. The molecule has 0 aromatic heterocycles. The highest BCUT2D eigenvalue weighted by molar-refractivity contribution is 9.10. The number of hydrogen-bond acceptors (Lipinski definition) is 2. The maximum absolute atomic E-state index is 11.9. The molecule has 0 bridgehead atoms. The molecule has 0 spiro atoms. The monoisotopic (exact) mass is 276 g/mol. The smallest absolute Gasteiger partial charge is 0.180 e. The van der Waals surface area contributed by atoms with E-state index in [0.29, 0.717) is 11.3 Å². The molecule has 1 aromatic carbocycles. The summed E-state index contributed by atoms with van der Waals surface area (Å²) < 4.78 is 24.6. The number of hydrogen-bond donors (Lipinski definition) is 0. The Morgan fingerprint density at radius 3 is 2.57 bits per heavy atom. The molecule has 0 saturated carbocycles. The topological polar surface area (TPSA) is 34.1 Å². The molecule has 1 aromatic rings. The van der Waals surface area contributed by atoms with Gasteiger partial charge < -0.3 is 0 Å². The van der Waals surface area contributed by atoms with Gasteiger partial charge in [-0.05, 0) is 31.5 Å². The highest BCUT2D eigenvalue weighted by atomic mass is 79.9. The van der Waals surface area contributed by atoms with Crippen LogP contribution in [0.2, 0.25) is 0 Å². The molecule has 0 amide bonds. The van der Waals surface area contributed by atoms with E-state index in [0.717, 1.165) is 4.47 Å². The van der Waals surface area contributed by atoms with Gasteiger partial charge in [0.15, 0.2) is 9.84 Å². The summed E-state index contributed by atoms with van der Waals surface area (Å²) in [6.45, 7) is 3.61. The van der Waals surface area contributed by atoms with Gasteiger partial charge in [0.25, 0.3) is 0 Å². The van der Waals surface area contributed by atoms with E-state index in [9.17, 15) is 8.42 Å². The Balaban J connectivity index is 3.17. The van der Waals surface area contributed by atoms with Gasteiger partial charge in [-0.25, -0.2) is 8.42 Å². The van der Waals surface area contributed by atoms with Crippen molar-refractivity contribution < 1.29 is 8.42 Å². The van der Waals surface area contributed by atoms with Gasteiger partial charge in [0.05, 0.1) is 10.1 Å². The predicted molar refractivity (Wildman–Crippen MR) is 61.1 cm³/mol. The van der Waals surface area contributed by atoms with Gasteiger partial charge in [0.1, 0.15) is 0 Å². The minimum absolute atomic E-state index is 0.322. The van der Waals surface area contributed by atoms with Gasteiger partial charge in [-0.3, -0.25) is 0 Å². The molecule has 1 atom stereocenters. The van der Waals surface area contributed by atoms with Crippen LogP contribution in [-0.4, -0.2) is 13.7 Å². The Morgan fingerprint density at radius 1 is 1.43 bits per heavy atom. The van der Waals surface area contributed by atoms with Crippen molar-refractivity contribution in [2.24, 2.45) is 0 Å². The molecule has 2 nitrogen and oxygen atoms in total. The summed E-state index contributed by atoms with van der Waals surface area (Å²) in [5, 5.41) is -0.322. The van der Waals surface area contributed by atoms with Crippen LogP contribution in [0, 0.1) is 0 Å². The van der Waals surface area contributed by atoms with E-state index in [1.165, 1.54) is 0 Å². The Kier molecular flexibility index (Phi) is 3.72. The average molecular weight is 277 g/mol. The van der Waals surface area contributed by atoms with E-state index >= 15 is 0 Å². The summed E-state index contributed by atoms with van der Waals surface area (Å²) in [7, 11) is -3.14. The zero-order chi connectivity index (χ0) is 10.8. The Morgan fingerprint density at radius 2 is 2.07 bits per heavy atom. The lowest BCUT2D eigenvalue weighted by Crippen LogP contribution is -2.16. The molecule has 0 heterocycles. The molecule has 1 rings (SSSR count). The molecular formula is C10H13BrO2S. The normalized spacial score (nSPS) is 13.9. The molecule has 1 unspecified atom stereocenters. The molecule has 14 heavy (non-hydrogen) atoms. The van der Waals surface area contributed by atoms with Crippen molar-refractivity contribution in [2.45, 2.75) is 30.4 Å². The van der Waals surface area contributed by atoms with Crippen LogP contribution in [0.4, 0.5) is 0 Å². The molecule has 0 N–H and O–H groups in total. The second kappa shape index (κ2) is 4.45. The molecule has 0 radical (unpaired) electrons. The molecule has 0 fully saturated rings. The van der Waals surface area contributed by atoms with Crippen molar-refractivity contribution in [3.63, 3.8) is 0 Å². The van der Waals surface area contributed by atoms with Crippen LogP contribution in [0.1, 0.15) is 20.3 Å². The van der Waals surface area contributed by atoms with E-state index in [2.05, 4.69) is 15.9 Å². The fraction of sp³-hybridized carbons (Fsp3) is 0.400. The van der Waals surface area contributed by atoms with Gasteiger partial charge in [-0.1, -0.05) is 28.9 Å². The van der Waals surface area contributed by atoms with Gasteiger partial charge in [-0.2, -0.15) is 0 Å². The predicted octanol–water partition coefficient (Wildman–Crippen LogP) is 3.02. The van der Waals surface area contributed by atoms with Crippen LogP contribution in [0.15, 0.2) is 33.6 Å². The zero-order valence-corrected chi connectivity index (χ0v) is 10.6. The second-order valence-corrected chi connectivity index (χ2v) is 6.50. The van der Waals surface area contributed by atoms with Crippen LogP contribution in [0.5, 0.6) is 0 Å². The van der Waals surface area contributed by atoms with E-state index in [1.807, 2.05) is 13.0 Å². The SMILES string of the molecule is CCC(C)S(=O)(=O)c1cccc(Br)c1. The van der Waals surface area contributed by atoms with E-state index < -0.39 is 9.84 Å². The molecule has 0 saturated heterocycles. The minimum Gasteiger partial charge on any atom is -0.223 e. The summed E-state index contributed by atoms with van der Waals surface area (Å²) in [5.41, 5.74) is 0. The molecule has 4 heteroatoms. The summed E-state index contributed by atoms with van der Waals surface area (Å²) >= 11 is 3.26. The summed E-state index contributed by atoms with van der Waals surface area (Å²) in [6, 6.07) is 6.82. The highest BCUT2D eigenvalue weighted by Crippen LogP contribution is 2.21. The van der Waals surface area contributed by atoms with Crippen LogP contribution >= 0.6 is 15.9 Å². The summed E-state index contributed by atoms with van der Waals surface area (Å²) in [6.07, 6.45) is 0.634. The highest BCUT2D eigenvalue weighted by Gasteiger charge is 2.21. The molecule has 0 aliphatic carbocycles. The van der Waals surface area contributed by atoms with E-state index in [1.54, 1.807) is 25.1 Å². The van der Waals surface area contributed by atoms with Crippen LogP contribution in [0.3, 0.4) is 0 Å². The molecular weight excluding hydrogens is 264 g/mol. The number of rotatable bonds is 3. The summed E-state index contributed by atoms with van der Waals surface area (Å²) in [5.74, 6) is 0. The maximum atomic E-state index is 11.9. The van der Waals surface area contributed by atoms with Crippen LogP contribution in [0.25, 0.3) is 0 Å². The first-order valence-corrected chi connectivity index (χ1v) is 6.82. The third kappa shape index (κ3) is 2.36. The standard InChI is InChI=1S/C10H13BrO2S/c1-3-8(2)14(12,13)10-6-4-5-9(11)7-10/h4-8H,3H2,1-2H3. The first kappa shape index (κ1) is 11.7. The lowest BCUT2D eigenvalue weighted by Gasteiger charge is -2.10. The summed E-state index contributed by atoms with van der Waals surface area (Å²) in [4.78, 5) is 0.390. The van der Waals surface area contributed by atoms with Gasteiger partial charge in [-0.15, -0.1) is 0 Å². The first-order valence-electron chi connectivity index (χ1n) is 4.48. The van der Waals surface area contributed by atoms with Crippen molar-refractivity contribution in [1.82, 2.24) is 0 Å². The molecule has 0 aliphatic rings. The van der Waals surface area contributed by atoms with Crippen LogP contribution in [-0.2, 0) is 9.84 Å². The minimum atomic E-state index is -3.14. The number of sulfone groups is 1. The lowest BCUT2D eigenvalue weighted by molar-refractivity contribution is 0.581. The van der Waals surface area contributed by atoms with E-state index in [-0.39, 0.29) is 5.25 Å². The van der Waals surface area contributed by atoms with Crippen molar-refractivity contribution in [1.29, 1.82) is 0 Å². The quantitative estimate of drug-likeness (QED) is 0.851. The van der Waals surface area contributed by atoms with Gasteiger partial charge >= 0.3 is 0 Å². The third-order valence-electron chi connectivity index (χ3n) is 2.23. The van der Waals surface area contributed by atoms with Crippen molar-refractivity contribution in [3.8, 4) is 0 Å². The number of benzene rings is 1. The Bertz CT molecular complexity index is 412. The number of halogens is 1. The maximum Gasteiger partial charge on any atom is 0.180 e. The fourth-order valence-corrected chi connectivity index (χ4v) is 3.11. The lowest BCUT2D eigenvalue weighted by atomic mass is 10.4. The third-order valence-corrected chi connectivity index (χ3v) is 5.03. The fourth-order valence-electron chi connectivity index (χ4n) is 1.10. The van der Waals surface area contributed by atoms with Crippen molar-refractivity contribution >= 4 is 25.8 Å². The largest absolute Gasteiger partial charge is 0.223 e. The molecule has 0 aliphatic heterocycles. The van der Waals surface area contributed by atoms with Gasteiger partial charge in [0, 0.05) is 4.47 Å². The van der Waals surface area contributed by atoms with Crippen LogP contribution < -0.4 is 0 Å².